The molecule has 0 aliphatic carbocycles. The molecule has 3 aromatic rings. The Morgan fingerprint density at radius 3 is 2.35 bits per heavy atom. The monoisotopic (exact) mass is 437 g/mol. The van der Waals surface area contributed by atoms with Crippen LogP contribution in [-0.4, -0.2) is 30.8 Å². The Morgan fingerprint density at radius 2 is 1.77 bits per heavy atom. The number of nitrogens with two attached hydrogens (primary N) is 2. The van der Waals surface area contributed by atoms with Gasteiger partial charge in [0.25, 0.3) is 0 Å². The molecule has 0 bridgehead atoms. The van der Waals surface area contributed by atoms with Gasteiger partial charge in [0, 0.05) is 18.8 Å². The highest BCUT2D eigenvalue weighted by atomic mass is 19.4. The Bertz CT molecular complexity index is 1080. The van der Waals surface area contributed by atoms with Crippen LogP contribution in [0.5, 0.6) is 0 Å². The Balaban J connectivity index is 1.87. The highest BCUT2D eigenvalue weighted by Crippen LogP contribution is 2.41. The first-order chi connectivity index (χ1) is 14.6. The lowest BCUT2D eigenvalue weighted by molar-refractivity contribution is -0.141. The molecular formula is C18H19F4N9. The molecule has 0 fully saturated rings. The van der Waals surface area contributed by atoms with Crippen LogP contribution in [0.15, 0.2) is 37.1 Å². The van der Waals surface area contributed by atoms with E-state index in [0.29, 0.717) is 11.4 Å². The van der Waals surface area contributed by atoms with Gasteiger partial charge < -0.3 is 20.1 Å². The molecule has 13 heteroatoms. The molecule has 164 valence electrons. The highest BCUT2D eigenvalue weighted by Gasteiger charge is 2.43. The van der Waals surface area contributed by atoms with Gasteiger partial charge in [-0.25, -0.2) is 24.3 Å². The Hall–Kier alpha value is -3.32. The summed E-state index contributed by atoms with van der Waals surface area (Å²) in [6, 6.07) is 1.37. The Labute approximate surface area is 174 Å². The number of aromatic nitrogens is 5. The molecule has 4 rings (SSSR count). The van der Waals surface area contributed by atoms with Crippen molar-refractivity contribution in [2.24, 2.45) is 18.5 Å². The van der Waals surface area contributed by atoms with E-state index in [0.717, 1.165) is 18.5 Å². The number of fused-ring (bicyclic) bond motifs is 1. The van der Waals surface area contributed by atoms with Gasteiger partial charge in [-0.2, -0.15) is 13.2 Å². The molecule has 4 heterocycles. The largest absolute Gasteiger partial charge is 0.433 e. The Morgan fingerprint density at radius 1 is 1.10 bits per heavy atom. The number of halogens is 4. The van der Waals surface area contributed by atoms with Gasteiger partial charge in [0.05, 0.1) is 24.8 Å². The molecule has 0 saturated carbocycles. The normalized spacial score (nSPS) is 20.0. The first-order valence-electron chi connectivity index (χ1n) is 9.19. The summed E-state index contributed by atoms with van der Waals surface area (Å²) in [5, 5.41) is 0. The second kappa shape index (κ2) is 7.42. The number of pyridine rings is 1. The summed E-state index contributed by atoms with van der Waals surface area (Å²) in [4.78, 5) is 19.0. The van der Waals surface area contributed by atoms with Gasteiger partial charge in [-0.05, 0) is 19.1 Å². The summed E-state index contributed by atoms with van der Waals surface area (Å²) in [6.45, 7) is 1.63. The fourth-order valence-corrected chi connectivity index (χ4v) is 3.51. The molecule has 31 heavy (non-hydrogen) atoms. The van der Waals surface area contributed by atoms with Crippen molar-refractivity contribution in [2.45, 2.75) is 31.6 Å². The average Bonchev–Trinajstić information content (AvgIpc) is 3.13. The van der Waals surface area contributed by atoms with Crippen molar-refractivity contribution in [2.75, 3.05) is 9.80 Å². The quantitative estimate of drug-likeness (QED) is 0.599. The zero-order valence-corrected chi connectivity index (χ0v) is 16.5. The van der Waals surface area contributed by atoms with Gasteiger partial charge in [0.15, 0.2) is 23.7 Å². The van der Waals surface area contributed by atoms with Gasteiger partial charge in [-0.1, -0.05) is 0 Å². The SMILES string of the molecule is C[C@@H](c1ncc(F)cn1)N1c2nc(C(F)(F)F)ccc2C(N)N(c2cn(C)cn2)C1N. The molecule has 0 aromatic carbocycles. The van der Waals surface area contributed by atoms with Crippen LogP contribution in [-0.2, 0) is 13.2 Å². The number of imidazole rings is 1. The highest BCUT2D eigenvalue weighted by molar-refractivity contribution is 5.60. The minimum Gasteiger partial charge on any atom is -0.338 e. The van der Waals surface area contributed by atoms with E-state index in [4.69, 9.17) is 11.5 Å². The predicted molar refractivity (Wildman–Crippen MR) is 103 cm³/mol. The smallest absolute Gasteiger partial charge is 0.338 e. The topological polar surface area (TPSA) is 115 Å². The van der Waals surface area contributed by atoms with Crippen molar-refractivity contribution < 1.29 is 17.6 Å². The lowest BCUT2D eigenvalue weighted by atomic mass is 10.1. The fourth-order valence-electron chi connectivity index (χ4n) is 3.51. The third-order valence-electron chi connectivity index (χ3n) is 5.02. The first kappa shape index (κ1) is 20.9. The van der Waals surface area contributed by atoms with Crippen molar-refractivity contribution in [3.05, 3.63) is 59.9 Å². The molecule has 0 spiro atoms. The van der Waals surface area contributed by atoms with Crippen LogP contribution in [0.2, 0.25) is 0 Å². The maximum absolute atomic E-state index is 13.4. The molecule has 0 saturated heterocycles. The van der Waals surface area contributed by atoms with E-state index in [1.54, 1.807) is 36.0 Å². The summed E-state index contributed by atoms with van der Waals surface area (Å²) in [5.74, 6) is -0.125. The van der Waals surface area contributed by atoms with Gasteiger partial charge in [-0.15, -0.1) is 0 Å². The summed E-state index contributed by atoms with van der Waals surface area (Å²) in [5.41, 5.74) is 12.1. The van der Waals surface area contributed by atoms with E-state index < -0.39 is 36.2 Å². The van der Waals surface area contributed by atoms with Gasteiger partial charge in [-0.3, -0.25) is 5.73 Å². The molecule has 1 aliphatic heterocycles. The predicted octanol–water partition coefficient (Wildman–Crippen LogP) is 2.05. The molecular weight excluding hydrogens is 418 g/mol. The van der Waals surface area contributed by atoms with Gasteiger partial charge in [0.2, 0.25) is 0 Å². The third kappa shape index (κ3) is 3.65. The Kier molecular flexibility index (Phi) is 5.01. The van der Waals surface area contributed by atoms with Crippen LogP contribution in [0.3, 0.4) is 0 Å². The number of aryl methyl sites for hydroxylation is 1. The number of hydrogen-bond acceptors (Lipinski definition) is 8. The standard InChI is InChI=1S/C18H19F4N9/c1-9(15-25-5-10(19)6-26-15)30-16-11(3-4-12(28-16)18(20,21)22)14(23)31(17(30)24)13-7-29(2)8-27-13/h3-9,14,17H,23-24H2,1-2H3/t9-,14?,17?/m0/s1. The van der Waals surface area contributed by atoms with Crippen molar-refractivity contribution in [3.63, 3.8) is 0 Å². The third-order valence-corrected chi connectivity index (χ3v) is 5.02. The molecule has 0 radical (unpaired) electrons. The van der Waals surface area contributed by atoms with Crippen LogP contribution in [0, 0.1) is 5.82 Å². The van der Waals surface area contributed by atoms with Crippen LogP contribution in [0.4, 0.5) is 29.2 Å². The molecule has 4 N–H and O–H groups in total. The zero-order chi connectivity index (χ0) is 22.5. The molecule has 1 aliphatic rings. The van der Waals surface area contributed by atoms with Crippen LogP contribution < -0.4 is 21.3 Å². The fraction of sp³-hybridized carbons (Fsp3) is 0.333. The number of nitrogens with zero attached hydrogens (tertiary/aromatic N) is 7. The summed E-state index contributed by atoms with van der Waals surface area (Å²) < 4.78 is 55.1. The van der Waals surface area contributed by atoms with E-state index in [9.17, 15) is 17.6 Å². The van der Waals surface area contributed by atoms with E-state index >= 15 is 0 Å². The van der Waals surface area contributed by atoms with Gasteiger partial charge >= 0.3 is 6.18 Å². The molecule has 9 nitrogen and oxygen atoms in total. The summed E-state index contributed by atoms with van der Waals surface area (Å²) in [7, 11) is 1.76. The summed E-state index contributed by atoms with van der Waals surface area (Å²) in [6.07, 6.45) is -1.47. The maximum atomic E-state index is 13.4. The van der Waals surface area contributed by atoms with Gasteiger partial charge in [0.1, 0.15) is 17.7 Å². The minimum atomic E-state index is -4.66. The maximum Gasteiger partial charge on any atom is 0.433 e. The number of anilines is 2. The molecule has 3 atom stereocenters. The van der Waals surface area contributed by atoms with E-state index in [2.05, 4.69) is 19.9 Å². The van der Waals surface area contributed by atoms with Crippen LogP contribution >= 0.6 is 0 Å². The number of alkyl halides is 3. The van der Waals surface area contributed by atoms with Crippen molar-refractivity contribution in [3.8, 4) is 0 Å². The second-order valence-electron chi connectivity index (χ2n) is 7.11. The van der Waals surface area contributed by atoms with Crippen LogP contribution in [0.25, 0.3) is 0 Å². The van der Waals surface area contributed by atoms with Crippen LogP contribution in [0.1, 0.15) is 36.2 Å². The molecule has 2 unspecified atom stereocenters. The van der Waals surface area contributed by atoms with Crippen molar-refractivity contribution in [1.29, 1.82) is 0 Å². The molecule has 3 aromatic heterocycles. The zero-order valence-electron chi connectivity index (χ0n) is 16.5. The number of hydrogen-bond donors (Lipinski definition) is 2. The van der Waals surface area contributed by atoms with E-state index in [-0.39, 0.29) is 11.6 Å². The number of rotatable bonds is 3. The minimum absolute atomic E-state index is 0.0533. The second-order valence-corrected chi connectivity index (χ2v) is 7.11. The van der Waals surface area contributed by atoms with E-state index in [1.807, 2.05) is 0 Å². The lowest BCUT2D eigenvalue weighted by Crippen LogP contribution is -2.62. The van der Waals surface area contributed by atoms with E-state index in [1.165, 1.54) is 11.0 Å². The van der Waals surface area contributed by atoms with Crippen molar-refractivity contribution in [1.82, 2.24) is 24.5 Å². The van der Waals surface area contributed by atoms with Crippen molar-refractivity contribution >= 4 is 11.6 Å². The molecule has 0 amide bonds. The average molecular weight is 437 g/mol. The lowest BCUT2D eigenvalue weighted by Gasteiger charge is -2.48. The first-order valence-corrected chi connectivity index (χ1v) is 9.19. The summed E-state index contributed by atoms with van der Waals surface area (Å²) >= 11 is 0.